The van der Waals surface area contributed by atoms with Crippen LogP contribution in [0.25, 0.3) is 0 Å². The first-order valence-electron chi connectivity index (χ1n) is 6.74. The summed E-state index contributed by atoms with van der Waals surface area (Å²) in [6.07, 6.45) is 1.50. The van der Waals surface area contributed by atoms with Crippen LogP contribution in [0, 0.1) is 0 Å². The Kier molecular flexibility index (Phi) is 5.24. The van der Waals surface area contributed by atoms with Gasteiger partial charge in [-0.2, -0.15) is 0 Å². The van der Waals surface area contributed by atoms with E-state index in [-0.39, 0.29) is 0 Å². The highest BCUT2D eigenvalue weighted by Gasteiger charge is 2.13. The maximum Gasteiger partial charge on any atom is 0.203 e. The molecular formula is C15H20N4O3. The van der Waals surface area contributed by atoms with Gasteiger partial charge in [-0.25, -0.2) is 9.97 Å². The minimum absolute atomic E-state index is 0.566. The molecule has 0 amide bonds. The van der Waals surface area contributed by atoms with Gasteiger partial charge < -0.3 is 24.8 Å². The second-order valence-corrected chi connectivity index (χ2v) is 4.43. The van der Waals surface area contributed by atoms with Crippen LogP contribution >= 0.6 is 0 Å². The van der Waals surface area contributed by atoms with Crippen molar-refractivity contribution in [1.29, 1.82) is 0 Å². The Morgan fingerprint density at radius 3 is 2.09 bits per heavy atom. The Labute approximate surface area is 129 Å². The normalized spacial score (nSPS) is 10.0. The molecule has 0 aliphatic rings. The Morgan fingerprint density at radius 2 is 1.55 bits per heavy atom. The largest absolute Gasteiger partial charge is 0.493 e. The number of hydrogen-bond acceptors (Lipinski definition) is 7. The van der Waals surface area contributed by atoms with Gasteiger partial charge in [-0.05, 0) is 17.7 Å². The van der Waals surface area contributed by atoms with Gasteiger partial charge >= 0.3 is 0 Å². The molecule has 0 saturated heterocycles. The molecule has 1 aromatic carbocycles. The fourth-order valence-electron chi connectivity index (χ4n) is 2.02. The maximum absolute atomic E-state index is 5.34. The molecule has 0 saturated carbocycles. The van der Waals surface area contributed by atoms with Gasteiger partial charge in [0.05, 0.1) is 21.3 Å². The first-order chi connectivity index (χ1) is 10.7. The Morgan fingerprint density at radius 1 is 0.909 bits per heavy atom. The first kappa shape index (κ1) is 15.7. The number of ether oxygens (including phenoxy) is 3. The molecule has 22 heavy (non-hydrogen) atoms. The molecule has 118 valence electrons. The topological polar surface area (TPSA) is 77.5 Å². The van der Waals surface area contributed by atoms with Gasteiger partial charge in [0, 0.05) is 19.7 Å². The number of methoxy groups -OCH3 is 3. The predicted octanol–water partition coefficient (Wildman–Crippen LogP) is 2.16. The van der Waals surface area contributed by atoms with Gasteiger partial charge in [-0.3, -0.25) is 0 Å². The highest BCUT2D eigenvalue weighted by Crippen LogP contribution is 2.38. The summed E-state index contributed by atoms with van der Waals surface area (Å²) >= 11 is 0. The van der Waals surface area contributed by atoms with Crippen LogP contribution in [0.3, 0.4) is 0 Å². The number of rotatable bonds is 7. The molecule has 7 nitrogen and oxygen atoms in total. The second kappa shape index (κ2) is 7.35. The van der Waals surface area contributed by atoms with Crippen molar-refractivity contribution in [3.63, 3.8) is 0 Å². The maximum atomic E-state index is 5.34. The van der Waals surface area contributed by atoms with Gasteiger partial charge in [0.1, 0.15) is 18.0 Å². The summed E-state index contributed by atoms with van der Waals surface area (Å²) in [5.74, 6) is 3.30. The van der Waals surface area contributed by atoms with Crippen molar-refractivity contribution >= 4 is 11.6 Å². The van der Waals surface area contributed by atoms with Crippen LogP contribution in [-0.2, 0) is 6.54 Å². The van der Waals surface area contributed by atoms with Crippen molar-refractivity contribution in [2.75, 3.05) is 39.0 Å². The van der Waals surface area contributed by atoms with E-state index >= 15 is 0 Å². The van der Waals surface area contributed by atoms with Crippen LogP contribution in [0.4, 0.5) is 11.6 Å². The van der Waals surface area contributed by atoms with Crippen molar-refractivity contribution < 1.29 is 14.2 Å². The van der Waals surface area contributed by atoms with Crippen molar-refractivity contribution in [3.05, 3.63) is 30.1 Å². The smallest absolute Gasteiger partial charge is 0.203 e. The fraction of sp³-hybridized carbons (Fsp3) is 0.333. The van der Waals surface area contributed by atoms with E-state index in [2.05, 4.69) is 20.6 Å². The summed E-state index contributed by atoms with van der Waals surface area (Å²) in [4.78, 5) is 8.24. The molecule has 0 atom stereocenters. The van der Waals surface area contributed by atoms with E-state index in [1.54, 1.807) is 21.3 Å². The molecule has 0 radical (unpaired) electrons. The van der Waals surface area contributed by atoms with Gasteiger partial charge in [-0.1, -0.05) is 0 Å². The summed E-state index contributed by atoms with van der Waals surface area (Å²) in [6, 6.07) is 5.63. The van der Waals surface area contributed by atoms with Gasteiger partial charge in [0.15, 0.2) is 11.5 Å². The number of aromatic nitrogens is 2. The molecule has 2 N–H and O–H groups in total. The lowest BCUT2D eigenvalue weighted by Crippen LogP contribution is -2.04. The van der Waals surface area contributed by atoms with Crippen LogP contribution in [0.5, 0.6) is 17.2 Å². The fourth-order valence-corrected chi connectivity index (χ4v) is 2.02. The average Bonchev–Trinajstić information content (AvgIpc) is 2.58. The molecule has 7 heteroatoms. The Balaban J connectivity index is 2.18. The van der Waals surface area contributed by atoms with Crippen molar-refractivity contribution in [2.45, 2.75) is 6.54 Å². The van der Waals surface area contributed by atoms with Crippen LogP contribution < -0.4 is 24.8 Å². The molecule has 1 aromatic heterocycles. The van der Waals surface area contributed by atoms with Crippen LogP contribution in [-0.4, -0.2) is 38.3 Å². The molecule has 0 bridgehead atoms. The minimum atomic E-state index is 0.566. The third-order valence-corrected chi connectivity index (χ3v) is 3.12. The standard InChI is InChI=1S/C15H20N4O3/c1-16-13-7-14(19-9-18-13)17-8-10-5-11(20-2)15(22-4)12(6-10)21-3/h5-7,9H,8H2,1-4H3,(H2,16,17,18,19). The van der Waals surface area contributed by atoms with E-state index in [4.69, 9.17) is 14.2 Å². The molecule has 2 aromatic rings. The SMILES string of the molecule is CNc1cc(NCc2cc(OC)c(OC)c(OC)c2)ncn1. The number of hydrogen-bond donors (Lipinski definition) is 2. The van der Waals surface area contributed by atoms with E-state index in [0.29, 0.717) is 23.8 Å². The van der Waals surface area contributed by atoms with E-state index < -0.39 is 0 Å². The van der Waals surface area contributed by atoms with Crippen LogP contribution in [0.1, 0.15) is 5.56 Å². The summed E-state index contributed by atoms with van der Waals surface area (Å²) in [6.45, 7) is 0.566. The molecule has 1 heterocycles. The molecule has 0 fully saturated rings. The lowest BCUT2D eigenvalue weighted by atomic mass is 10.1. The molecule has 0 aliphatic carbocycles. The van der Waals surface area contributed by atoms with Gasteiger partial charge in [0.25, 0.3) is 0 Å². The quantitative estimate of drug-likeness (QED) is 0.811. The summed E-state index contributed by atoms with van der Waals surface area (Å²) < 4.78 is 16.0. The number of nitrogens with zero attached hydrogens (tertiary/aromatic N) is 2. The summed E-state index contributed by atoms with van der Waals surface area (Å²) in [7, 11) is 6.58. The predicted molar refractivity (Wildman–Crippen MR) is 85.0 cm³/mol. The zero-order chi connectivity index (χ0) is 15.9. The third-order valence-electron chi connectivity index (χ3n) is 3.12. The minimum Gasteiger partial charge on any atom is -0.493 e. The summed E-state index contributed by atoms with van der Waals surface area (Å²) in [5, 5.41) is 6.20. The molecule has 0 spiro atoms. The molecular weight excluding hydrogens is 284 g/mol. The van der Waals surface area contributed by atoms with Gasteiger partial charge in [0.2, 0.25) is 5.75 Å². The van der Waals surface area contributed by atoms with E-state index in [1.165, 1.54) is 6.33 Å². The first-order valence-corrected chi connectivity index (χ1v) is 6.74. The molecule has 0 aliphatic heterocycles. The molecule has 0 unspecified atom stereocenters. The van der Waals surface area contributed by atoms with Crippen molar-refractivity contribution in [3.8, 4) is 17.2 Å². The lowest BCUT2D eigenvalue weighted by Gasteiger charge is -2.14. The van der Waals surface area contributed by atoms with Crippen LogP contribution in [0.15, 0.2) is 24.5 Å². The highest BCUT2D eigenvalue weighted by atomic mass is 16.5. The zero-order valence-electron chi connectivity index (χ0n) is 13.1. The second-order valence-electron chi connectivity index (χ2n) is 4.43. The Hall–Kier alpha value is -2.70. The third kappa shape index (κ3) is 3.49. The lowest BCUT2D eigenvalue weighted by molar-refractivity contribution is 0.324. The number of anilines is 2. The zero-order valence-corrected chi connectivity index (χ0v) is 13.1. The Bertz CT molecular complexity index is 609. The monoisotopic (exact) mass is 304 g/mol. The van der Waals surface area contributed by atoms with Crippen molar-refractivity contribution in [2.24, 2.45) is 0 Å². The van der Waals surface area contributed by atoms with E-state index in [0.717, 1.165) is 17.2 Å². The van der Waals surface area contributed by atoms with Crippen molar-refractivity contribution in [1.82, 2.24) is 9.97 Å². The number of benzene rings is 1. The van der Waals surface area contributed by atoms with Crippen LogP contribution in [0.2, 0.25) is 0 Å². The summed E-state index contributed by atoms with van der Waals surface area (Å²) in [5.41, 5.74) is 0.985. The average molecular weight is 304 g/mol. The van der Waals surface area contributed by atoms with Gasteiger partial charge in [-0.15, -0.1) is 0 Å². The van der Waals surface area contributed by atoms with E-state index in [9.17, 15) is 0 Å². The molecule has 2 rings (SSSR count). The number of nitrogens with one attached hydrogen (secondary N) is 2. The van der Waals surface area contributed by atoms with E-state index in [1.807, 2.05) is 25.2 Å². The highest BCUT2D eigenvalue weighted by molar-refractivity contribution is 5.54.